The van der Waals surface area contributed by atoms with Crippen molar-refractivity contribution in [2.45, 2.75) is 24.4 Å². The molecule has 3 rings (SSSR count). The molecule has 1 saturated heterocycles. The highest BCUT2D eigenvalue weighted by Gasteiger charge is 2.28. The summed E-state index contributed by atoms with van der Waals surface area (Å²) in [4.78, 5) is 30.0. The second kappa shape index (κ2) is 11.0. The van der Waals surface area contributed by atoms with Crippen molar-refractivity contribution < 1.29 is 14.3 Å². The molecule has 0 radical (unpaired) electrons. The zero-order valence-corrected chi connectivity index (χ0v) is 18.4. The lowest BCUT2D eigenvalue weighted by molar-refractivity contribution is -0.137. The first-order chi connectivity index (χ1) is 14.5. The maximum Gasteiger partial charge on any atom is 0.246 e. The van der Waals surface area contributed by atoms with Crippen molar-refractivity contribution >= 4 is 23.6 Å². The summed E-state index contributed by atoms with van der Waals surface area (Å²) in [7, 11) is 1.63. The Balaban J connectivity index is 1.53. The second-order valence-electron chi connectivity index (χ2n) is 7.33. The van der Waals surface area contributed by atoms with Crippen molar-refractivity contribution in [1.82, 2.24) is 15.1 Å². The number of nitrogens with zero attached hydrogens (tertiary/aromatic N) is 2. The third-order valence-electron chi connectivity index (χ3n) is 5.08. The quantitative estimate of drug-likeness (QED) is 0.657. The molecule has 1 aliphatic rings. The summed E-state index contributed by atoms with van der Waals surface area (Å²) in [5.74, 6) is 1.09. The molecule has 0 spiro atoms. The van der Waals surface area contributed by atoms with E-state index < -0.39 is 6.04 Å². The van der Waals surface area contributed by atoms with Crippen LogP contribution in [0, 0.1) is 0 Å². The van der Waals surface area contributed by atoms with Crippen LogP contribution in [-0.4, -0.2) is 66.7 Å². The summed E-state index contributed by atoms with van der Waals surface area (Å²) in [5, 5.41) is 2.83. The average Bonchev–Trinajstić information content (AvgIpc) is 2.77. The van der Waals surface area contributed by atoms with Gasteiger partial charge >= 0.3 is 0 Å². The van der Waals surface area contributed by atoms with E-state index in [-0.39, 0.29) is 11.8 Å². The van der Waals surface area contributed by atoms with Gasteiger partial charge in [0.1, 0.15) is 11.8 Å². The third kappa shape index (κ3) is 6.50. The first kappa shape index (κ1) is 22.2. The van der Waals surface area contributed by atoms with E-state index in [9.17, 15) is 9.59 Å². The lowest BCUT2D eigenvalue weighted by Crippen LogP contribution is -2.55. The van der Waals surface area contributed by atoms with E-state index in [4.69, 9.17) is 4.74 Å². The van der Waals surface area contributed by atoms with Crippen LogP contribution in [0.25, 0.3) is 0 Å². The number of hydrogen-bond acceptors (Lipinski definition) is 5. The fourth-order valence-electron chi connectivity index (χ4n) is 3.46. The van der Waals surface area contributed by atoms with Gasteiger partial charge in [-0.05, 0) is 29.8 Å². The van der Waals surface area contributed by atoms with Gasteiger partial charge < -0.3 is 15.0 Å². The monoisotopic (exact) mass is 427 g/mol. The first-order valence-corrected chi connectivity index (χ1v) is 11.1. The van der Waals surface area contributed by atoms with Gasteiger partial charge in [0.05, 0.1) is 7.11 Å². The minimum absolute atomic E-state index is 0.00873. The predicted octanol–water partition coefficient (Wildman–Crippen LogP) is 2.64. The minimum Gasteiger partial charge on any atom is -0.497 e. The highest BCUT2D eigenvalue weighted by atomic mass is 32.2. The van der Waals surface area contributed by atoms with E-state index in [0.717, 1.165) is 30.3 Å². The van der Waals surface area contributed by atoms with Crippen LogP contribution in [0.5, 0.6) is 5.75 Å². The summed E-state index contributed by atoms with van der Waals surface area (Å²) in [6, 6.07) is 17.5. The van der Waals surface area contributed by atoms with Gasteiger partial charge in [0, 0.05) is 50.3 Å². The summed E-state index contributed by atoms with van der Waals surface area (Å²) >= 11 is 1.56. The smallest absolute Gasteiger partial charge is 0.246 e. The largest absolute Gasteiger partial charge is 0.497 e. The molecule has 2 aromatic rings. The lowest BCUT2D eigenvalue weighted by Gasteiger charge is -2.36. The Kier molecular flexibility index (Phi) is 8.16. The number of carbonyl (C=O) groups is 2. The molecule has 2 amide bonds. The van der Waals surface area contributed by atoms with Crippen LogP contribution in [0.1, 0.15) is 12.5 Å². The molecule has 0 aromatic heterocycles. The third-order valence-corrected chi connectivity index (χ3v) is 6.19. The van der Waals surface area contributed by atoms with Gasteiger partial charge in [-0.15, -0.1) is 11.8 Å². The topological polar surface area (TPSA) is 61.9 Å². The van der Waals surface area contributed by atoms with E-state index in [0.29, 0.717) is 18.8 Å². The molecule has 6 nitrogen and oxygen atoms in total. The Morgan fingerprint density at radius 1 is 1.03 bits per heavy atom. The summed E-state index contributed by atoms with van der Waals surface area (Å²) in [6.07, 6.45) is 0. The highest BCUT2D eigenvalue weighted by Crippen LogP contribution is 2.22. The average molecular weight is 428 g/mol. The molecule has 0 bridgehead atoms. The zero-order valence-electron chi connectivity index (χ0n) is 17.5. The molecule has 7 heteroatoms. The van der Waals surface area contributed by atoms with Gasteiger partial charge in [-0.3, -0.25) is 14.5 Å². The molecule has 30 heavy (non-hydrogen) atoms. The lowest BCUT2D eigenvalue weighted by atomic mass is 10.2. The van der Waals surface area contributed by atoms with Crippen LogP contribution in [0.3, 0.4) is 0 Å². The molecule has 1 unspecified atom stereocenters. The van der Waals surface area contributed by atoms with E-state index in [1.54, 1.807) is 18.9 Å². The van der Waals surface area contributed by atoms with Crippen molar-refractivity contribution in [3.05, 3.63) is 60.2 Å². The van der Waals surface area contributed by atoms with Gasteiger partial charge in [-0.2, -0.15) is 0 Å². The Labute approximate surface area is 182 Å². The van der Waals surface area contributed by atoms with Crippen LogP contribution >= 0.6 is 11.8 Å². The van der Waals surface area contributed by atoms with Crippen LogP contribution < -0.4 is 10.1 Å². The number of nitrogens with one attached hydrogen (secondary N) is 1. The number of carbonyl (C=O) groups excluding carboxylic acids is 2. The number of piperazine rings is 1. The molecule has 0 saturated carbocycles. The van der Waals surface area contributed by atoms with Gasteiger partial charge in [-0.1, -0.05) is 30.3 Å². The van der Waals surface area contributed by atoms with Crippen LogP contribution in [-0.2, 0) is 16.1 Å². The molecule has 160 valence electrons. The number of rotatable bonds is 8. The van der Waals surface area contributed by atoms with E-state index in [1.165, 1.54) is 12.5 Å². The maximum atomic E-state index is 13.1. The van der Waals surface area contributed by atoms with Crippen LogP contribution in [0.15, 0.2) is 59.5 Å². The number of ether oxygens (including phenoxy) is 1. The second-order valence-corrected chi connectivity index (χ2v) is 8.42. The summed E-state index contributed by atoms with van der Waals surface area (Å²) < 4.78 is 5.18. The number of hydrogen-bond donors (Lipinski definition) is 1. The Morgan fingerprint density at radius 2 is 1.70 bits per heavy atom. The number of amides is 2. The van der Waals surface area contributed by atoms with Crippen molar-refractivity contribution in [3.8, 4) is 5.75 Å². The normalized spacial score (nSPS) is 15.5. The van der Waals surface area contributed by atoms with E-state index >= 15 is 0 Å². The predicted molar refractivity (Wildman–Crippen MR) is 120 cm³/mol. The number of methoxy groups -OCH3 is 1. The Hall–Kier alpha value is -2.51. The molecule has 1 N–H and O–H groups in total. The van der Waals surface area contributed by atoms with Crippen molar-refractivity contribution in [2.24, 2.45) is 0 Å². The van der Waals surface area contributed by atoms with Gasteiger partial charge in [0.15, 0.2) is 0 Å². The van der Waals surface area contributed by atoms with Crippen molar-refractivity contribution in [2.75, 3.05) is 39.0 Å². The first-order valence-electron chi connectivity index (χ1n) is 10.1. The summed E-state index contributed by atoms with van der Waals surface area (Å²) in [6.45, 7) is 5.36. The minimum atomic E-state index is -0.532. The molecule has 0 aliphatic carbocycles. The SMILES string of the molecule is COc1ccc(SCC(NC(C)=O)C(=O)N2CCN(Cc3ccccc3)CC2)cc1. The van der Waals surface area contributed by atoms with Gasteiger partial charge in [0.2, 0.25) is 11.8 Å². The number of thioether (sulfide) groups is 1. The summed E-state index contributed by atoms with van der Waals surface area (Å²) in [5.41, 5.74) is 1.28. The fourth-order valence-corrected chi connectivity index (χ4v) is 4.37. The van der Waals surface area contributed by atoms with Crippen molar-refractivity contribution in [3.63, 3.8) is 0 Å². The molecule has 1 atom stereocenters. The molecular weight excluding hydrogens is 398 g/mol. The van der Waals surface area contributed by atoms with E-state index in [1.807, 2.05) is 47.4 Å². The molecule has 1 aliphatic heterocycles. The van der Waals surface area contributed by atoms with Crippen molar-refractivity contribution in [1.29, 1.82) is 0 Å². The zero-order chi connectivity index (χ0) is 21.3. The maximum absolute atomic E-state index is 13.1. The van der Waals surface area contributed by atoms with Crippen LogP contribution in [0.4, 0.5) is 0 Å². The molecular formula is C23H29N3O3S. The Bertz CT molecular complexity index is 821. The fraction of sp³-hybridized carbons (Fsp3) is 0.391. The molecule has 1 fully saturated rings. The standard InChI is InChI=1S/C23H29N3O3S/c1-18(27)24-22(17-30-21-10-8-20(29-2)9-11-21)23(28)26-14-12-25(13-15-26)16-19-6-4-3-5-7-19/h3-11,22H,12-17H2,1-2H3,(H,24,27). The van der Waals surface area contributed by atoms with Gasteiger partial charge in [-0.25, -0.2) is 0 Å². The molecule has 1 heterocycles. The number of benzene rings is 2. The highest BCUT2D eigenvalue weighted by molar-refractivity contribution is 7.99. The van der Waals surface area contributed by atoms with Gasteiger partial charge in [0.25, 0.3) is 0 Å². The molecule has 2 aromatic carbocycles. The Morgan fingerprint density at radius 3 is 2.30 bits per heavy atom. The van der Waals surface area contributed by atoms with E-state index in [2.05, 4.69) is 22.3 Å². The van der Waals surface area contributed by atoms with Crippen LogP contribution in [0.2, 0.25) is 0 Å².